The Labute approximate surface area is 309 Å². The van der Waals surface area contributed by atoms with E-state index in [1.165, 1.54) is 12.1 Å². The number of nitrogens with one attached hydrogen (secondary N) is 3. The van der Waals surface area contributed by atoms with Crippen LogP contribution in [0.1, 0.15) is 56.7 Å². The fourth-order valence-electron chi connectivity index (χ4n) is 6.55. The zero-order valence-corrected chi connectivity index (χ0v) is 29.4. The van der Waals surface area contributed by atoms with E-state index in [9.17, 15) is 27.6 Å². The number of carbonyl (C=O) groups is 3. The molecule has 1 atom stereocenters. The van der Waals surface area contributed by atoms with Gasteiger partial charge in [-0.15, -0.1) is 0 Å². The van der Waals surface area contributed by atoms with Gasteiger partial charge in [-0.05, 0) is 84.5 Å². The molecule has 0 bridgehead atoms. The Hall–Kier alpha value is -6.04. The van der Waals surface area contributed by atoms with Crippen LogP contribution in [-0.4, -0.2) is 74.3 Å². The summed E-state index contributed by atoms with van der Waals surface area (Å²) in [5, 5.41) is 12.4. The first-order valence-corrected chi connectivity index (χ1v) is 17.6. The second-order valence-electron chi connectivity index (χ2n) is 13.4. The summed E-state index contributed by atoms with van der Waals surface area (Å²) in [6.45, 7) is 5.23. The highest BCUT2D eigenvalue weighted by molar-refractivity contribution is 6.04. The van der Waals surface area contributed by atoms with Gasteiger partial charge in [-0.25, -0.2) is 9.50 Å². The Morgan fingerprint density at radius 1 is 0.926 bits per heavy atom. The molecule has 3 amide bonds. The summed E-state index contributed by atoms with van der Waals surface area (Å²) in [7, 11) is 0. The zero-order chi connectivity index (χ0) is 37.8. The molecule has 1 unspecified atom stereocenters. The van der Waals surface area contributed by atoms with Crippen molar-refractivity contribution in [2.45, 2.75) is 45.1 Å². The monoisotopic (exact) mass is 734 g/mol. The second kappa shape index (κ2) is 15.5. The molecule has 54 heavy (non-hydrogen) atoms. The van der Waals surface area contributed by atoms with Crippen LogP contribution in [0.25, 0.3) is 5.65 Å². The van der Waals surface area contributed by atoms with Gasteiger partial charge in [-0.2, -0.15) is 18.3 Å². The highest BCUT2D eigenvalue weighted by Crippen LogP contribution is 2.35. The van der Waals surface area contributed by atoms with Gasteiger partial charge in [-0.3, -0.25) is 29.5 Å². The Balaban J connectivity index is 0.948. The van der Waals surface area contributed by atoms with Gasteiger partial charge < -0.3 is 10.6 Å². The lowest BCUT2D eigenvalue weighted by Crippen LogP contribution is -2.47. The number of hydrogen-bond acceptors (Lipinski definition) is 8. The van der Waals surface area contributed by atoms with E-state index in [2.05, 4.69) is 42.8 Å². The standard InChI is InChI=1S/C40H37F3N8O3/c1-26-4-7-29(21-28(26)9-13-33-23-44-36-3-2-16-45-51(33)36)38(53)47-32-12-8-30(34(22-32)40(41,42)43)25-50-19-17-49(18-20-50)24-27-5-10-31(11-6-27)46-35-14-15-37(52)48-39(35)54/h2-8,10-12,16,21-23,35,46H,14-15,17-20,24-25H2,1H3,(H,47,53)(H,48,52,54). The number of alkyl halides is 3. The summed E-state index contributed by atoms with van der Waals surface area (Å²) < 4.78 is 44.6. The number of piperazine rings is 1. The third-order valence-corrected chi connectivity index (χ3v) is 9.57. The fourth-order valence-corrected chi connectivity index (χ4v) is 6.55. The number of nitrogens with zero attached hydrogens (tertiary/aromatic N) is 5. The number of aromatic nitrogens is 3. The minimum Gasteiger partial charge on any atom is -0.374 e. The highest BCUT2D eigenvalue weighted by Gasteiger charge is 2.34. The molecule has 0 aliphatic carbocycles. The van der Waals surface area contributed by atoms with Gasteiger partial charge in [0.2, 0.25) is 11.8 Å². The molecule has 0 saturated carbocycles. The fraction of sp³-hybridized carbons (Fsp3) is 0.275. The molecule has 5 aromatic rings. The first-order chi connectivity index (χ1) is 26.0. The van der Waals surface area contributed by atoms with Crippen LogP contribution in [0.2, 0.25) is 0 Å². The molecule has 3 aromatic carbocycles. The van der Waals surface area contributed by atoms with Crippen molar-refractivity contribution in [3.8, 4) is 11.8 Å². The molecule has 2 aliphatic heterocycles. The van der Waals surface area contributed by atoms with Crippen LogP contribution in [0.5, 0.6) is 0 Å². The van der Waals surface area contributed by atoms with Crippen LogP contribution in [0.15, 0.2) is 85.2 Å². The molecule has 11 nitrogen and oxygen atoms in total. The smallest absolute Gasteiger partial charge is 0.374 e. The second-order valence-corrected chi connectivity index (χ2v) is 13.4. The van der Waals surface area contributed by atoms with Crippen molar-refractivity contribution < 1.29 is 27.6 Å². The molecule has 276 valence electrons. The summed E-state index contributed by atoms with van der Waals surface area (Å²) in [6.07, 6.45) is -0.632. The number of imidazole rings is 1. The van der Waals surface area contributed by atoms with Crippen LogP contribution >= 0.6 is 0 Å². The van der Waals surface area contributed by atoms with Crippen molar-refractivity contribution in [3.63, 3.8) is 0 Å². The Morgan fingerprint density at radius 2 is 1.67 bits per heavy atom. The average molecular weight is 735 g/mol. The lowest BCUT2D eigenvalue weighted by molar-refractivity contribution is -0.138. The number of hydrogen-bond donors (Lipinski definition) is 3. The Morgan fingerprint density at radius 3 is 2.41 bits per heavy atom. The molecule has 2 aliphatic rings. The van der Waals surface area contributed by atoms with E-state index < -0.39 is 23.7 Å². The predicted octanol–water partition coefficient (Wildman–Crippen LogP) is 5.24. The first-order valence-electron chi connectivity index (χ1n) is 17.6. The van der Waals surface area contributed by atoms with Crippen LogP contribution < -0.4 is 16.0 Å². The van der Waals surface area contributed by atoms with Gasteiger partial charge in [0.1, 0.15) is 11.7 Å². The van der Waals surface area contributed by atoms with Crippen molar-refractivity contribution in [1.82, 2.24) is 29.7 Å². The third kappa shape index (κ3) is 8.60. The number of rotatable bonds is 8. The number of carbonyl (C=O) groups excluding carboxylic acids is 3. The summed E-state index contributed by atoms with van der Waals surface area (Å²) in [6, 6.07) is 19.8. The van der Waals surface area contributed by atoms with E-state index >= 15 is 0 Å². The minimum absolute atomic E-state index is 0.0456. The summed E-state index contributed by atoms with van der Waals surface area (Å²) in [5.41, 5.74) is 4.18. The van der Waals surface area contributed by atoms with Gasteiger partial charge in [-0.1, -0.05) is 30.2 Å². The molecule has 3 N–H and O–H groups in total. The number of amides is 3. The molecule has 14 heteroatoms. The van der Waals surface area contributed by atoms with Gasteiger partial charge in [0.05, 0.1) is 11.8 Å². The maximum Gasteiger partial charge on any atom is 0.416 e. The summed E-state index contributed by atoms with van der Waals surface area (Å²) >= 11 is 0. The number of anilines is 2. The average Bonchev–Trinajstić information content (AvgIpc) is 3.57. The van der Waals surface area contributed by atoms with Crippen molar-refractivity contribution in [2.24, 2.45) is 0 Å². The minimum atomic E-state index is -4.61. The predicted molar refractivity (Wildman–Crippen MR) is 196 cm³/mol. The Kier molecular flexibility index (Phi) is 10.4. The van der Waals surface area contributed by atoms with Crippen LogP contribution in [-0.2, 0) is 28.9 Å². The highest BCUT2D eigenvalue weighted by atomic mass is 19.4. The molecular formula is C40H37F3N8O3. The van der Waals surface area contributed by atoms with Crippen LogP contribution in [0, 0.1) is 18.8 Å². The first kappa shape index (κ1) is 36.3. The SMILES string of the molecule is Cc1ccc(C(=O)Nc2ccc(CN3CCN(Cc4ccc(NC5CCC(=O)NC5=O)cc4)CC3)c(C(F)(F)F)c2)cc1C#Cc1cnc2cccnn12. The molecule has 4 heterocycles. The number of benzene rings is 3. The maximum absolute atomic E-state index is 14.3. The van der Waals surface area contributed by atoms with Crippen molar-refractivity contribution in [1.29, 1.82) is 0 Å². The molecule has 2 fully saturated rings. The van der Waals surface area contributed by atoms with Crippen molar-refractivity contribution in [3.05, 3.63) is 124 Å². The Bertz CT molecular complexity index is 2270. The maximum atomic E-state index is 14.3. The summed E-state index contributed by atoms with van der Waals surface area (Å²) in [4.78, 5) is 45.2. The van der Waals surface area contributed by atoms with Gasteiger partial charge in [0.25, 0.3) is 5.91 Å². The molecule has 0 spiro atoms. The molecular weight excluding hydrogens is 697 g/mol. The lowest BCUT2D eigenvalue weighted by Gasteiger charge is -2.35. The van der Waals surface area contributed by atoms with Crippen LogP contribution in [0.4, 0.5) is 24.5 Å². The van der Waals surface area contributed by atoms with E-state index in [1.54, 1.807) is 41.2 Å². The van der Waals surface area contributed by atoms with E-state index in [1.807, 2.05) is 42.2 Å². The van der Waals surface area contributed by atoms with Crippen molar-refractivity contribution >= 4 is 34.7 Å². The van der Waals surface area contributed by atoms with E-state index in [4.69, 9.17) is 0 Å². The third-order valence-electron chi connectivity index (χ3n) is 9.57. The number of imide groups is 1. The summed E-state index contributed by atoms with van der Waals surface area (Å²) in [5.74, 6) is 4.97. The molecule has 2 saturated heterocycles. The van der Waals surface area contributed by atoms with E-state index in [-0.39, 0.29) is 35.2 Å². The number of aryl methyl sites for hydroxylation is 1. The quantitative estimate of drug-likeness (QED) is 0.146. The van der Waals surface area contributed by atoms with Gasteiger partial charge in [0, 0.05) is 74.4 Å². The van der Waals surface area contributed by atoms with Gasteiger partial charge in [0.15, 0.2) is 5.65 Å². The largest absolute Gasteiger partial charge is 0.416 e. The molecule has 7 rings (SSSR count). The van der Waals surface area contributed by atoms with E-state index in [0.29, 0.717) is 62.5 Å². The lowest BCUT2D eigenvalue weighted by atomic mass is 10.0. The molecule has 0 radical (unpaired) electrons. The number of piperidine rings is 1. The zero-order valence-electron chi connectivity index (χ0n) is 29.4. The van der Waals surface area contributed by atoms with Crippen molar-refractivity contribution in [2.75, 3.05) is 36.8 Å². The van der Waals surface area contributed by atoms with Gasteiger partial charge >= 0.3 is 6.18 Å². The molecule has 2 aromatic heterocycles. The van der Waals surface area contributed by atoms with E-state index in [0.717, 1.165) is 22.9 Å². The normalized spacial score (nSPS) is 16.8. The number of halogens is 3. The number of fused-ring (bicyclic) bond motifs is 1. The van der Waals surface area contributed by atoms with Crippen LogP contribution in [0.3, 0.4) is 0 Å². The topological polar surface area (TPSA) is 124 Å².